The lowest BCUT2D eigenvalue weighted by Crippen LogP contribution is -1.93. The normalized spacial score (nSPS) is 11.0. The van der Waals surface area contributed by atoms with E-state index in [0.717, 1.165) is 22.3 Å². The topological polar surface area (TPSA) is 30.2 Å². The molecule has 4 aromatic rings. The summed E-state index contributed by atoms with van der Waals surface area (Å²) in [7, 11) is 0. The average Bonchev–Trinajstić information content (AvgIpc) is 3.04. The van der Waals surface area contributed by atoms with E-state index in [1.54, 1.807) is 28.8 Å². The molecule has 0 saturated carbocycles. The highest BCUT2D eigenvalue weighted by atomic mass is 19.1. The van der Waals surface area contributed by atoms with E-state index >= 15 is 0 Å². The molecule has 0 atom stereocenters. The summed E-state index contributed by atoms with van der Waals surface area (Å²) >= 11 is 0. The average molecular weight is 307 g/mol. The van der Waals surface area contributed by atoms with Gasteiger partial charge in [0.05, 0.1) is 0 Å². The van der Waals surface area contributed by atoms with Gasteiger partial charge < -0.3 is 0 Å². The van der Waals surface area contributed by atoms with Crippen molar-refractivity contribution in [3.05, 3.63) is 78.8 Å². The van der Waals surface area contributed by atoms with Crippen molar-refractivity contribution in [3.63, 3.8) is 0 Å². The van der Waals surface area contributed by atoms with Crippen LogP contribution in [0.2, 0.25) is 0 Å². The number of halogens is 2. The van der Waals surface area contributed by atoms with E-state index in [1.807, 2.05) is 12.3 Å². The monoisotopic (exact) mass is 307 g/mol. The Morgan fingerprint density at radius 2 is 1.35 bits per heavy atom. The zero-order valence-electron chi connectivity index (χ0n) is 11.9. The third-order valence-electron chi connectivity index (χ3n) is 3.71. The summed E-state index contributed by atoms with van der Waals surface area (Å²) in [5, 5.41) is 4.18. The molecular weight excluding hydrogens is 296 g/mol. The van der Waals surface area contributed by atoms with E-state index in [-0.39, 0.29) is 11.6 Å². The summed E-state index contributed by atoms with van der Waals surface area (Å²) in [5.74, 6) is -0.574. The molecule has 0 spiro atoms. The van der Waals surface area contributed by atoms with Gasteiger partial charge in [-0.15, -0.1) is 0 Å². The van der Waals surface area contributed by atoms with Crippen molar-refractivity contribution in [1.82, 2.24) is 14.6 Å². The Bertz CT molecular complexity index is 974. The van der Waals surface area contributed by atoms with Gasteiger partial charge in [-0.3, -0.25) is 0 Å². The molecule has 0 saturated heterocycles. The lowest BCUT2D eigenvalue weighted by Gasteiger charge is -2.08. The zero-order valence-corrected chi connectivity index (χ0v) is 11.9. The van der Waals surface area contributed by atoms with Gasteiger partial charge in [0.15, 0.2) is 5.65 Å². The van der Waals surface area contributed by atoms with Gasteiger partial charge in [-0.25, -0.2) is 18.3 Å². The molecule has 5 heteroatoms. The molecule has 112 valence electrons. The number of rotatable bonds is 2. The van der Waals surface area contributed by atoms with Crippen LogP contribution in [0.4, 0.5) is 8.78 Å². The van der Waals surface area contributed by atoms with Gasteiger partial charge in [0.25, 0.3) is 0 Å². The van der Waals surface area contributed by atoms with Crippen LogP contribution in [0.1, 0.15) is 0 Å². The minimum atomic E-state index is -0.291. The molecule has 0 fully saturated rings. The smallest absolute Gasteiger partial charge is 0.163 e. The van der Waals surface area contributed by atoms with Crippen molar-refractivity contribution in [2.75, 3.05) is 0 Å². The van der Waals surface area contributed by atoms with Crippen molar-refractivity contribution in [2.24, 2.45) is 0 Å². The fourth-order valence-corrected chi connectivity index (χ4v) is 2.57. The maximum atomic E-state index is 13.2. The number of benzene rings is 2. The first kappa shape index (κ1) is 13.6. The van der Waals surface area contributed by atoms with Gasteiger partial charge in [-0.05, 0) is 41.5 Å². The van der Waals surface area contributed by atoms with Gasteiger partial charge >= 0.3 is 0 Å². The molecule has 0 aliphatic carbocycles. The van der Waals surface area contributed by atoms with Crippen molar-refractivity contribution < 1.29 is 8.78 Å². The Balaban J connectivity index is 1.94. The number of hydrogen-bond donors (Lipinski definition) is 0. The van der Waals surface area contributed by atoms with Gasteiger partial charge in [-0.2, -0.15) is 5.10 Å². The van der Waals surface area contributed by atoms with E-state index in [4.69, 9.17) is 0 Å². The Morgan fingerprint density at radius 3 is 2.00 bits per heavy atom. The third kappa shape index (κ3) is 2.46. The Kier molecular flexibility index (Phi) is 3.12. The van der Waals surface area contributed by atoms with Crippen molar-refractivity contribution in [1.29, 1.82) is 0 Å². The second-order valence-corrected chi connectivity index (χ2v) is 5.18. The van der Waals surface area contributed by atoms with Crippen molar-refractivity contribution in [2.45, 2.75) is 0 Å². The van der Waals surface area contributed by atoms with E-state index in [2.05, 4.69) is 10.1 Å². The van der Waals surface area contributed by atoms with E-state index < -0.39 is 0 Å². The summed E-state index contributed by atoms with van der Waals surface area (Å²) in [6, 6.07) is 14.4. The predicted octanol–water partition coefficient (Wildman–Crippen LogP) is 4.34. The first-order valence-corrected chi connectivity index (χ1v) is 7.06. The zero-order chi connectivity index (χ0) is 15.8. The molecule has 0 aliphatic rings. The fraction of sp³-hybridized carbons (Fsp3) is 0. The molecular formula is C18H11F2N3. The minimum absolute atomic E-state index is 0.283. The second-order valence-electron chi connectivity index (χ2n) is 5.18. The summed E-state index contributed by atoms with van der Waals surface area (Å²) in [5.41, 5.74) is 4.11. The van der Waals surface area contributed by atoms with Crippen LogP contribution in [-0.4, -0.2) is 14.6 Å². The van der Waals surface area contributed by atoms with Gasteiger partial charge in [0, 0.05) is 17.3 Å². The molecule has 0 aliphatic heterocycles. The first-order valence-electron chi connectivity index (χ1n) is 7.06. The third-order valence-corrected chi connectivity index (χ3v) is 3.71. The number of fused-ring (bicyclic) bond motifs is 1. The maximum Gasteiger partial charge on any atom is 0.163 e. The number of hydrogen-bond acceptors (Lipinski definition) is 2. The van der Waals surface area contributed by atoms with Crippen LogP contribution in [0.3, 0.4) is 0 Å². The molecule has 0 unspecified atom stereocenters. The van der Waals surface area contributed by atoms with Gasteiger partial charge in [0.2, 0.25) is 0 Å². The molecule has 4 rings (SSSR count). The molecule has 23 heavy (non-hydrogen) atoms. The lowest BCUT2D eigenvalue weighted by molar-refractivity contribution is 0.627. The van der Waals surface area contributed by atoms with E-state index in [0.29, 0.717) is 5.65 Å². The standard InChI is InChI=1S/C18H11F2N3/c19-15-5-1-12(2-6-15)14-9-17(13-3-7-16(20)8-4-13)18-21-11-22-23(18)10-14/h1-11H. The highest BCUT2D eigenvalue weighted by Gasteiger charge is 2.10. The predicted molar refractivity (Wildman–Crippen MR) is 83.8 cm³/mol. The molecule has 0 amide bonds. The quantitative estimate of drug-likeness (QED) is 0.551. The molecule has 0 bridgehead atoms. The lowest BCUT2D eigenvalue weighted by atomic mass is 10.0. The van der Waals surface area contributed by atoms with E-state index in [1.165, 1.54) is 30.6 Å². The number of pyridine rings is 1. The van der Waals surface area contributed by atoms with Crippen molar-refractivity contribution in [3.8, 4) is 22.3 Å². The van der Waals surface area contributed by atoms with E-state index in [9.17, 15) is 8.78 Å². The Morgan fingerprint density at radius 1 is 0.739 bits per heavy atom. The molecule has 3 nitrogen and oxygen atoms in total. The molecule has 0 N–H and O–H groups in total. The van der Waals surface area contributed by atoms with Crippen molar-refractivity contribution >= 4 is 5.65 Å². The second kappa shape index (κ2) is 5.28. The van der Waals surface area contributed by atoms with Crippen LogP contribution in [0.5, 0.6) is 0 Å². The summed E-state index contributed by atoms with van der Waals surface area (Å²) < 4.78 is 28.0. The molecule has 0 radical (unpaired) electrons. The Hall–Kier alpha value is -3.08. The van der Waals surface area contributed by atoms with Crippen LogP contribution in [0.15, 0.2) is 67.1 Å². The van der Waals surface area contributed by atoms with Crippen LogP contribution < -0.4 is 0 Å². The number of nitrogens with zero attached hydrogens (tertiary/aromatic N) is 3. The summed E-state index contributed by atoms with van der Waals surface area (Å²) in [4.78, 5) is 4.26. The highest BCUT2D eigenvalue weighted by molar-refractivity contribution is 5.82. The largest absolute Gasteiger partial charge is 0.220 e. The van der Waals surface area contributed by atoms with Crippen LogP contribution in [0.25, 0.3) is 27.9 Å². The first-order chi connectivity index (χ1) is 11.2. The number of aromatic nitrogens is 3. The van der Waals surface area contributed by atoms with Crippen LogP contribution in [-0.2, 0) is 0 Å². The van der Waals surface area contributed by atoms with Crippen LogP contribution >= 0.6 is 0 Å². The summed E-state index contributed by atoms with van der Waals surface area (Å²) in [6.07, 6.45) is 3.30. The van der Waals surface area contributed by atoms with Crippen LogP contribution in [0, 0.1) is 11.6 Å². The summed E-state index contributed by atoms with van der Waals surface area (Å²) in [6.45, 7) is 0. The fourth-order valence-electron chi connectivity index (χ4n) is 2.57. The Labute approximate surface area is 130 Å². The molecule has 2 heterocycles. The SMILES string of the molecule is Fc1ccc(-c2cc(-c3ccc(F)cc3)c3ncnn3c2)cc1. The molecule has 2 aromatic heterocycles. The van der Waals surface area contributed by atoms with Gasteiger partial charge in [-0.1, -0.05) is 24.3 Å². The maximum absolute atomic E-state index is 13.2. The minimum Gasteiger partial charge on any atom is -0.220 e. The highest BCUT2D eigenvalue weighted by Crippen LogP contribution is 2.29. The molecule has 2 aromatic carbocycles. The van der Waals surface area contributed by atoms with Gasteiger partial charge in [0.1, 0.15) is 18.0 Å².